The van der Waals surface area contributed by atoms with Crippen molar-refractivity contribution < 1.29 is 4.74 Å². The monoisotopic (exact) mass is 338 g/mol. The lowest BCUT2D eigenvalue weighted by Gasteiger charge is -2.35. The maximum absolute atomic E-state index is 5.35. The van der Waals surface area contributed by atoms with Gasteiger partial charge in [-0.25, -0.2) is 0 Å². The molecule has 1 aromatic rings. The molecule has 4 heteroatoms. The van der Waals surface area contributed by atoms with Gasteiger partial charge in [-0.05, 0) is 80.9 Å². The average Bonchev–Trinajstić information content (AvgIpc) is 3.10. The van der Waals surface area contributed by atoms with Crippen molar-refractivity contribution in [3.8, 4) is 5.75 Å². The second kappa shape index (κ2) is 8.91. The molecule has 2 aliphatic heterocycles. The highest BCUT2D eigenvalue weighted by atomic mass is 35.5. The molecule has 2 heterocycles. The van der Waals surface area contributed by atoms with Crippen LogP contribution in [0.1, 0.15) is 43.7 Å². The number of methoxy groups -OCH3 is 1. The van der Waals surface area contributed by atoms with Crippen LogP contribution >= 0.6 is 12.4 Å². The first-order chi connectivity index (χ1) is 10.8. The molecule has 0 spiro atoms. The molecule has 3 rings (SSSR count). The fraction of sp³-hybridized carbons (Fsp3) is 0.684. The average molecular weight is 339 g/mol. The lowest BCUT2D eigenvalue weighted by Crippen LogP contribution is -2.40. The van der Waals surface area contributed by atoms with Crippen molar-refractivity contribution in [1.82, 2.24) is 10.2 Å². The van der Waals surface area contributed by atoms with Gasteiger partial charge in [0, 0.05) is 12.6 Å². The molecule has 1 unspecified atom stereocenters. The zero-order valence-electron chi connectivity index (χ0n) is 14.5. The third-order valence-electron chi connectivity index (χ3n) is 5.49. The van der Waals surface area contributed by atoms with Crippen molar-refractivity contribution >= 4 is 12.4 Å². The minimum atomic E-state index is 0. The molecule has 0 aliphatic carbocycles. The van der Waals surface area contributed by atoms with Crippen LogP contribution in [0.2, 0.25) is 0 Å². The van der Waals surface area contributed by atoms with Gasteiger partial charge in [0.2, 0.25) is 0 Å². The van der Waals surface area contributed by atoms with Crippen molar-refractivity contribution in [1.29, 1.82) is 0 Å². The number of piperidine rings is 1. The van der Waals surface area contributed by atoms with E-state index in [0.717, 1.165) is 30.7 Å². The van der Waals surface area contributed by atoms with Crippen molar-refractivity contribution in [3.63, 3.8) is 0 Å². The van der Waals surface area contributed by atoms with Crippen molar-refractivity contribution in [3.05, 3.63) is 29.3 Å². The number of nitrogens with zero attached hydrogens (tertiary/aromatic N) is 1. The van der Waals surface area contributed by atoms with Gasteiger partial charge < -0.3 is 10.1 Å². The summed E-state index contributed by atoms with van der Waals surface area (Å²) in [5.74, 6) is 1.88. The largest absolute Gasteiger partial charge is 0.497 e. The number of halogens is 1. The summed E-state index contributed by atoms with van der Waals surface area (Å²) < 4.78 is 5.35. The van der Waals surface area contributed by atoms with Gasteiger partial charge in [0.25, 0.3) is 0 Å². The summed E-state index contributed by atoms with van der Waals surface area (Å²) in [6.45, 7) is 7.06. The number of hydrogen-bond donors (Lipinski definition) is 1. The molecule has 0 radical (unpaired) electrons. The van der Waals surface area contributed by atoms with Crippen molar-refractivity contribution in [2.45, 2.75) is 51.6 Å². The van der Waals surface area contributed by atoms with E-state index in [1.165, 1.54) is 56.4 Å². The molecule has 3 nitrogen and oxygen atoms in total. The molecular weight excluding hydrogens is 308 g/mol. The highest BCUT2D eigenvalue weighted by Crippen LogP contribution is 2.27. The van der Waals surface area contributed by atoms with Crippen LogP contribution in [-0.4, -0.2) is 37.7 Å². The quantitative estimate of drug-likeness (QED) is 0.887. The molecule has 0 saturated carbocycles. The summed E-state index contributed by atoms with van der Waals surface area (Å²) in [4.78, 5) is 2.63. The predicted molar refractivity (Wildman–Crippen MR) is 98.6 cm³/mol. The number of likely N-dealkylation sites (tertiary alicyclic amines) is 1. The minimum Gasteiger partial charge on any atom is -0.497 e. The summed E-state index contributed by atoms with van der Waals surface area (Å²) in [6.07, 6.45) is 6.55. The first kappa shape index (κ1) is 18.6. The Morgan fingerprint density at radius 3 is 2.57 bits per heavy atom. The summed E-state index contributed by atoms with van der Waals surface area (Å²) in [7, 11) is 1.75. The van der Waals surface area contributed by atoms with E-state index in [4.69, 9.17) is 4.74 Å². The van der Waals surface area contributed by atoms with Gasteiger partial charge in [-0.15, -0.1) is 12.4 Å². The van der Waals surface area contributed by atoms with Gasteiger partial charge >= 0.3 is 0 Å². The highest BCUT2D eigenvalue weighted by Gasteiger charge is 2.28. The van der Waals surface area contributed by atoms with E-state index in [0.29, 0.717) is 0 Å². The van der Waals surface area contributed by atoms with Crippen LogP contribution in [0.5, 0.6) is 5.75 Å². The van der Waals surface area contributed by atoms with Gasteiger partial charge in [-0.1, -0.05) is 13.0 Å². The molecule has 130 valence electrons. The van der Waals surface area contributed by atoms with Gasteiger partial charge in [-0.2, -0.15) is 0 Å². The van der Waals surface area contributed by atoms with Crippen LogP contribution in [0.4, 0.5) is 0 Å². The Balaban J connectivity index is 0.00000192. The Kier molecular flexibility index (Phi) is 7.19. The maximum atomic E-state index is 5.35. The van der Waals surface area contributed by atoms with E-state index >= 15 is 0 Å². The third-order valence-corrected chi connectivity index (χ3v) is 5.49. The Morgan fingerprint density at radius 2 is 1.96 bits per heavy atom. The lowest BCUT2D eigenvalue weighted by molar-refractivity contribution is 0.157. The van der Waals surface area contributed by atoms with Gasteiger partial charge in [0.05, 0.1) is 7.11 Å². The molecule has 0 amide bonds. The lowest BCUT2D eigenvalue weighted by atomic mass is 9.88. The molecule has 1 atom stereocenters. The smallest absolute Gasteiger partial charge is 0.119 e. The second-order valence-corrected chi connectivity index (χ2v) is 6.80. The van der Waals surface area contributed by atoms with Crippen molar-refractivity contribution in [2.24, 2.45) is 5.92 Å². The second-order valence-electron chi connectivity index (χ2n) is 6.80. The zero-order valence-corrected chi connectivity index (χ0v) is 15.3. The number of rotatable bonds is 5. The number of nitrogens with one attached hydrogen (secondary N) is 1. The Labute approximate surface area is 147 Å². The maximum Gasteiger partial charge on any atom is 0.119 e. The number of hydrogen-bond acceptors (Lipinski definition) is 3. The highest BCUT2D eigenvalue weighted by molar-refractivity contribution is 5.85. The van der Waals surface area contributed by atoms with Gasteiger partial charge in [-0.3, -0.25) is 4.90 Å². The Morgan fingerprint density at radius 1 is 1.17 bits per heavy atom. The minimum absolute atomic E-state index is 0. The number of ether oxygens (including phenoxy) is 1. The number of benzene rings is 1. The first-order valence-corrected chi connectivity index (χ1v) is 8.91. The molecule has 2 aliphatic rings. The molecule has 0 bridgehead atoms. The predicted octanol–water partition coefficient (Wildman–Crippen LogP) is 3.64. The Hall–Kier alpha value is -0.770. The standard InChI is InChI=1S/C19H30N2O.ClH/c1-3-15-13-18(22-2)7-6-17(15)14-21-11-8-16(9-12-21)19-5-4-10-20-19;/h6-7,13,16,19-20H,3-5,8-12,14H2,1-2H3;1H. The van der Waals surface area contributed by atoms with Gasteiger partial charge in [0.15, 0.2) is 0 Å². The van der Waals surface area contributed by atoms with Crippen LogP contribution in [0.15, 0.2) is 18.2 Å². The summed E-state index contributed by atoms with van der Waals surface area (Å²) >= 11 is 0. The Bertz CT molecular complexity index is 480. The molecule has 0 aromatic heterocycles. The first-order valence-electron chi connectivity index (χ1n) is 8.91. The SMILES string of the molecule is CCc1cc(OC)ccc1CN1CCC(C2CCCN2)CC1.Cl. The normalized spacial score (nSPS) is 22.8. The van der Waals surface area contributed by atoms with E-state index in [1.54, 1.807) is 7.11 Å². The van der Waals surface area contributed by atoms with E-state index in [1.807, 2.05) is 0 Å². The molecule has 23 heavy (non-hydrogen) atoms. The van der Waals surface area contributed by atoms with Crippen LogP contribution in [0.25, 0.3) is 0 Å². The van der Waals surface area contributed by atoms with E-state index in [-0.39, 0.29) is 12.4 Å². The van der Waals surface area contributed by atoms with E-state index in [2.05, 4.69) is 35.3 Å². The van der Waals surface area contributed by atoms with Crippen LogP contribution < -0.4 is 10.1 Å². The molecule has 1 N–H and O–H groups in total. The van der Waals surface area contributed by atoms with Gasteiger partial charge in [0.1, 0.15) is 5.75 Å². The fourth-order valence-electron chi connectivity index (χ4n) is 4.08. The van der Waals surface area contributed by atoms with Crippen molar-refractivity contribution in [2.75, 3.05) is 26.7 Å². The molecular formula is C19H31ClN2O. The molecule has 2 saturated heterocycles. The van der Waals surface area contributed by atoms with Crippen LogP contribution in [-0.2, 0) is 13.0 Å². The van der Waals surface area contributed by atoms with E-state index < -0.39 is 0 Å². The number of aryl methyl sites for hydroxylation is 1. The topological polar surface area (TPSA) is 24.5 Å². The zero-order chi connectivity index (χ0) is 15.4. The fourth-order valence-corrected chi connectivity index (χ4v) is 4.08. The molecule has 1 aromatic carbocycles. The van der Waals surface area contributed by atoms with E-state index in [9.17, 15) is 0 Å². The summed E-state index contributed by atoms with van der Waals surface area (Å²) in [5, 5.41) is 3.69. The summed E-state index contributed by atoms with van der Waals surface area (Å²) in [5.41, 5.74) is 2.90. The van der Waals surface area contributed by atoms with Crippen LogP contribution in [0.3, 0.4) is 0 Å². The van der Waals surface area contributed by atoms with Crippen LogP contribution in [0, 0.1) is 5.92 Å². The summed E-state index contributed by atoms with van der Waals surface area (Å²) in [6, 6.07) is 7.35. The molecule has 2 fully saturated rings. The third kappa shape index (κ3) is 4.62.